The Labute approximate surface area is 92.1 Å². The van der Waals surface area contributed by atoms with Crippen LogP contribution in [0.15, 0.2) is 18.2 Å². The first-order valence-corrected chi connectivity index (χ1v) is 5.67. The Morgan fingerprint density at radius 3 is 2.73 bits per heavy atom. The average molecular weight is 207 g/mol. The van der Waals surface area contributed by atoms with Gasteiger partial charge in [0.25, 0.3) is 0 Å². The van der Waals surface area contributed by atoms with Crippen LogP contribution >= 0.6 is 0 Å². The number of aryl methyl sites for hydroxylation is 2. The van der Waals surface area contributed by atoms with Crippen molar-refractivity contribution >= 4 is 0 Å². The van der Waals surface area contributed by atoms with E-state index in [4.69, 9.17) is 5.73 Å². The Balaban J connectivity index is 2.41. The molecular weight excluding hydrogens is 186 g/mol. The van der Waals surface area contributed by atoms with Crippen molar-refractivity contribution in [2.24, 2.45) is 5.73 Å². The van der Waals surface area contributed by atoms with E-state index in [1.54, 1.807) is 6.07 Å². The van der Waals surface area contributed by atoms with Crippen LogP contribution in [-0.4, -0.2) is 11.1 Å². The Morgan fingerprint density at radius 2 is 2.13 bits per heavy atom. The lowest BCUT2D eigenvalue weighted by Crippen LogP contribution is -2.18. The normalized spacial score (nSPS) is 12.7. The summed E-state index contributed by atoms with van der Waals surface area (Å²) in [7, 11) is 0. The molecule has 1 rings (SSSR count). The zero-order valence-corrected chi connectivity index (χ0v) is 9.66. The van der Waals surface area contributed by atoms with Gasteiger partial charge in [0, 0.05) is 6.04 Å². The molecule has 2 nitrogen and oxygen atoms in total. The van der Waals surface area contributed by atoms with Crippen LogP contribution in [0.1, 0.15) is 37.3 Å². The molecule has 1 aromatic carbocycles. The maximum atomic E-state index is 9.38. The standard InChI is InChI=1S/C13H21NO/c1-3-12(14)6-4-5-11-7-8-13(15)10(2)9-11/h7-9,12,15H,3-6,14H2,1-2H3. The van der Waals surface area contributed by atoms with Gasteiger partial charge in [-0.05, 0) is 49.8 Å². The molecule has 0 spiro atoms. The predicted octanol–water partition coefficient (Wildman–Crippen LogP) is 2.76. The highest BCUT2D eigenvalue weighted by Crippen LogP contribution is 2.18. The fourth-order valence-corrected chi connectivity index (χ4v) is 1.65. The maximum Gasteiger partial charge on any atom is 0.118 e. The van der Waals surface area contributed by atoms with Gasteiger partial charge in [-0.15, -0.1) is 0 Å². The molecule has 0 radical (unpaired) electrons. The number of benzene rings is 1. The molecule has 2 heteroatoms. The third-order valence-electron chi connectivity index (χ3n) is 2.83. The zero-order chi connectivity index (χ0) is 11.3. The fraction of sp³-hybridized carbons (Fsp3) is 0.538. The summed E-state index contributed by atoms with van der Waals surface area (Å²) in [6, 6.07) is 6.14. The number of rotatable bonds is 5. The zero-order valence-electron chi connectivity index (χ0n) is 9.66. The number of nitrogens with two attached hydrogens (primary N) is 1. The minimum Gasteiger partial charge on any atom is -0.508 e. The van der Waals surface area contributed by atoms with E-state index in [0.717, 1.165) is 31.2 Å². The van der Waals surface area contributed by atoms with Crippen molar-refractivity contribution in [1.29, 1.82) is 0 Å². The third kappa shape index (κ3) is 3.92. The van der Waals surface area contributed by atoms with Crippen LogP contribution in [0, 0.1) is 6.92 Å². The summed E-state index contributed by atoms with van der Waals surface area (Å²) in [6.45, 7) is 4.05. The highest BCUT2D eigenvalue weighted by molar-refractivity contribution is 5.34. The summed E-state index contributed by atoms with van der Waals surface area (Å²) in [5.74, 6) is 0.379. The monoisotopic (exact) mass is 207 g/mol. The topological polar surface area (TPSA) is 46.2 Å². The first-order valence-electron chi connectivity index (χ1n) is 5.67. The van der Waals surface area contributed by atoms with Crippen molar-refractivity contribution < 1.29 is 5.11 Å². The Hall–Kier alpha value is -1.02. The molecule has 15 heavy (non-hydrogen) atoms. The lowest BCUT2D eigenvalue weighted by Gasteiger charge is -2.08. The fourth-order valence-electron chi connectivity index (χ4n) is 1.65. The van der Waals surface area contributed by atoms with Crippen LogP contribution in [0.25, 0.3) is 0 Å². The molecule has 0 aromatic heterocycles. The average Bonchev–Trinajstić information content (AvgIpc) is 2.23. The van der Waals surface area contributed by atoms with Crippen molar-refractivity contribution in [2.45, 2.75) is 45.6 Å². The lowest BCUT2D eigenvalue weighted by atomic mass is 10.0. The van der Waals surface area contributed by atoms with Crippen molar-refractivity contribution in [3.63, 3.8) is 0 Å². The van der Waals surface area contributed by atoms with E-state index in [1.165, 1.54) is 5.56 Å². The Morgan fingerprint density at radius 1 is 1.40 bits per heavy atom. The van der Waals surface area contributed by atoms with E-state index in [-0.39, 0.29) is 0 Å². The van der Waals surface area contributed by atoms with Crippen molar-refractivity contribution in [3.05, 3.63) is 29.3 Å². The molecule has 84 valence electrons. The first kappa shape index (κ1) is 12.1. The van der Waals surface area contributed by atoms with Crippen molar-refractivity contribution in [3.8, 4) is 5.75 Å². The number of phenols is 1. The molecule has 0 saturated heterocycles. The smallest absolute Gasteiger partial charge is 0.118 e. The molecule has 0 aliphatic carbocycles. The number of aromatic hydroxyl groups is 1. The van der Waals surface area contributed by atoms with E-state index in [1.807, 2.05) is 19.1 Å². The summed E-state index contributed by atoms with van der Waals surface area (Å²) >= 11 is 0. The van der Waals surface area contributed by atoms with Crippen LogP contribution in [0.5, 0.6) is 5.75 Å². The molecule has 0 bridgehead atoms. The van der Waals surface area contributed by atoms with Gasteiger partial charge in [0.15, 0.2) is 0 Å². The van der Waals surface area contributed by atoms with E-state index in [0.29, 0.717) is 11.8 Å². The second-order valence-corrected chi connectivity index (χ2v) is 4.18. The molecule has 1 atom stereocenters. The molecular formula is C13H21NO. The summed E-state index contributed by atoms with van der Waals surface area (Å²) in [5.41, 5.74) is 8.09. The molecule has 3 N–H and O–H groups in total. The summed E-state index contributed by atoms with van der Waals surface area (Å²) in [6.07, 6.45) is 4.30. The van der Waals surface area contributed by atoms with Gasteiger partial charge in [0.1, 0.15) is 5.75 Å². The minimum absolute atomic E-state index is 0.336. The first-order chi connectivity index (χ1) is 7.13. The molecule has 0 fully saturated rings. The van der Waals surface area contributed by atoms with Gasteiger partial charge in [0.05, 0.1) is 0 Å². The Bertz CT molecular complexity index is 309. The van der Waals surface area contributed by atoms with Crippen molar-refractivity contribution in [1.82, 2.24) is 0 Å². The molecule has 0 heterocycles. The van der Waals surface area contributed by atoms with Gasteiger partial charge in [-0.1, -0.05) is 19.1 Å². The SMILES string of the molecule is CCC(N)CCCc1ccc(O)c(C)c1. The van der Waals surface area contributed by atoms with Crippen LogP contribution in [-0.2, 0) is 6.42 Å². The van der Waals surface area contributed by atoms with Gasteiger partial charge in [0.2, 0.25) is 0 Å². The minimum atomic E-state index is 0.336. The Kier molecular flexibility index (Phi) is 4.63. The van der Waals surface area contributed by atoms with Gasteiger partial charge < -0.3 is 10.8 Å². The highest BCUT2D eigenvalue weighted by Gasteiger charge is 2.01. The van der Waals surface area contributed by atoms with E-state index in [9.17, 15) is 5.11 Å². The number of phenolic OH excluding ortho intramolecular Hbond substituents is 1. The van der Waals surface area contributed by atoms with Gasteiger partial charge in [-0.25, -0.2) is 0 Å². The quantitative estimate of drug-likeness (QED) is 0.780. The van der Waals surface area contributed by atoms with Crippen LogP contribution in [0.4, 0.5) is 0 Å². The van der Waals surface area contributed by atoms with Gasteiger partial charge in [-0.3, -0.25) is 0 Å². The summed E-state index contributed by atoms with van der Waals surface area (Å²) < 4.78 is 0. The van der Waals surface area contributed by atoms with E-state index in [2.05, 4.69) is 6.92 Å². The summed E-state index contributed by atoms with van der Waals surface area (Å²) in [4.78, 5) is 0. The molecule has 0 aliphatic heterocycles. The molecule has 1 aromatic rings. The molecule has 0 aliphatic rings. The number of hydrogen-bond acceptors (Lipinski definition) is 2. The van der Waals surface area contributed by atoms with E-state index < -0.39 is 0 Å². The molecule has 0 amide bonds. The second kappa shape index (κ2) is 5.76. The largest absolute Gasteiger partial charge is 0.508 e. The third-order valence-corrected chi connectivity index (χ3v) is 2.83. The predicted molar refractivity (Wildman–Crippen MR) is 64.0 cm³/mol. The second-order valence-electron chi connectivity index (χ2n) is 4.18. The number of hydrogen-bond donors (Lipinski definition) is 2. The highest BCUT2D eigenvalue weighted by atomic mass is 16.3. The van der Waals surface area contributed by atoms with E-state index >= 15 is 0 Å². The summed E-state index contributed by atoms with van der Waals surface area (Å²) in [5, 5.41) is 9.38. The maximum absolute atomic E-state index is 9.38. The van der Waals surface area contributed by atoms with Crippen LogP contribution in [0.2, 0.25) is 0 Å². The van der Waals surface area contributed by atoms with Crippen LogP contribution < -0.4 is 5.73 Å². The van der Waals surface area contributed by atoms with Gasteiger partial charge >= 0.3 is 0 Å². The van der Waals surface area contributed by atoms with Gasteiger partial charge in [-0.2, -0.15) is 0 Å². The molecule has 1 unspecified atom stereocenters. The lowest BCUT2D eigenvalue weighted by molar-refractivity contribution is 0.470. The molecule has 0 saturated carbocycles. The van der Waals surface area contributed by atoms with Crippen molar-refractivity contribution in [2.75, 3.05) is 0 Å². The van der Waals surface area contributed by atoms with Crippen LogP contribution in [0.3, 0.4) is 0 Å².